The zero-order chi connectivity index (χ0) is 26.2. The SMILES string of the molecule is Cc1ncc(NC(=O)CN2Cc3cccnc3C2)cc1NC(=O)c1nnc2cc(-c3cnn(C)c3)ccn12. The number of anilines is 2. The lowest BCUT2D eigenvalue weighted by molar-refractivity contribution is -0.117. The normalized spacial score (nSPS) is 13.0. The monoisotopic (exact) mass is 508 g/mol. The van der Waals surface area contributed by atoms with Gasteiger partial charge >= 0.3 is 0 Å². The van der Waals surface area contributed by atoms with E-state index < -0.39 is 5.91 Å². The minimum absolute atomic E-state index is 0.133. The van der Waals surface area contributed by atoms with E-state index in [1.54, 1.807) is 46.9 Å². The lowest BCUT2D eigenvalue weighted by Crippen LogP contribution is -2.29. The number of hydrogen-bond donors (Lipinski definition) is 2. The summed E-state index contributed by atoms with van der Waals surface area (Å²) >= 11 is 0. The summed E-state index contributed by atoms with van der Waals surface area (Å²) in [6.45, 7) is 3.31. The first-order valence-electron chi connectivity index (χ1n) is 12.0. The number of carbonyl (C=O) groups excluding carboxylic acids is 2. The van der Waals surface area contributed by atoms with Gasteiger partial charge in [0.1, 0.15) is 0 Å². The average molecular weight is 509 g/mol. The van der Waals surface area contributed by atoms with Crippen LogP contribution in [0.3, 0.4) is 0 Å². The molecule has 38 heavy (non-hydrogen) atoms. The Morgan fingerprint density at radius 1 is 1.03 bits per heavy atom. The summed E-state index contributed by atoms with van der Waals surface area (Å²) in [5.74, 6) is -0.482. The van der Waals surface area contributed by atoms with E-state index >= 15 is 0 Å². The predicted octanol–water partition coefficient (Wildman–Crippen LogP) is 2.43. The number of carbonyl (C=O) groups is 2. The largest absolute Gasteiger partial charge is 0.324 e. The Morgan fingerprint density at radius 3 is 2.74 bits per heavy atom. The molecule has 5 aromatic heterocycles. The van der Waals surface area contributed by atoms with Crippen LogP contribution in [0.4, 0.5) is 11.4 Å². The summed E-state index contributed by atoms with van der Waals surface area (Å²) in [6, 6.07) is 9.33. The first kappa shape index (κ1) is 23.4. The Morgan fingerprint density at radius 2 is 1.92 bits per heavy atom. The van der Waals surface area contributed by atoms with Gasteiger partial charge in [-0.2, -0.15) is 5.10 Å². The second-order valence-corrected chi connectivity index (χ2v) is 9.18. The second kappa shape index (κ2) is 9.48. The maximum atomic E-state index is 13.1. The topological polar surface area (TPSA) is 135 Å². The third-order valence-corrected chi connectivity index (χ3v) is 6.39. The number of pyridine rings is 3. The summed E-state index contributed by atoms with van der Waals surface area (Å²) in [4.78, 5) is 36.5. The van der Waals surface area contributed by atoms with Crippen molar-refractivity contribution in [1.29, 1.82) is 0 Å². The zero-order valence-electron chi connectivity index (χ0n) is 20.8. The molecule has 0 spiro atoms. The molecule has 12 nitrogen and oxygen atoms in total. The van der Waals surface area contributed by atoms with Crippen LogP contribution in [-0.2, 0) is 24.9 Å². The molecule has 0 aromatic carbocycles. The van der Waals surface area contributed by atoms with Crippen molar-refractivity contribution in [1.82, 2.24) is 39.2 Å². The Hall–Kier alpha value is -4.97. The van der Waals surface area contributed by atoms with Gasteiger partial charge in [0.2, 0.25) is 11.7 Å². The highest BCUT2D eigenvalue weighted by Gasteiger charge is 2.22. The quantitative estimate of drug-likeness (QED) is 0.357. The molecule has 2 amide bonds. The number of fused-ring (bicyclic) bond motifs is 2. The van der Waals surface area contributed by atoms with Gasteiger partial charge in [0, 0.05) is 44.3 Å². The van der Waals surface area contributed by atoms with Gasteiger partial charge in [-0.3, -0.25) is 33.5 Å². The Balaban J connectivity index is 1.14. The van der Waals surface area contributed by atoms with Gasteiger partial charge < -0.3 is 10.6 Å². The number of amides is 2. The van der Waals surface area contributed by atoms with Crippen molar-refractivity contribution in [3.63, 3.8) is 0 Å². The molecule has 1 aliphatic heterocycles. The fourth-order valence-electron chi connectivity index (χ4n) is 4.48. The van der Waals surface area contributed by atoms with Gasteiger partial charge in [0.15, 0.2) is 5.65 Å². The molecule has 190 valence electrons. The van der Waals surface area contributed by atoms with Crippen molar-refractivity contribution < 1.29 is 9.59 Å². The van der Waals surface area contributed by atoms with Crippen molar-refractivity contribution in [3.8, 4) is 11.1 Å². The molecule has 0 bridgehead atoms. The lowest BCUT2D eigenvalue weighted by atomic mass is 10.1. The van der Waals surface area contributed by atoms with Crippen LogP contribution in [0.5, 0.6) is 0 Å². The first-order valence-corrected chi connectivity index (χ1v) is 12.0. The van der Waals surface area contributed by atoms with Crippen LogP contribution >= 0.6 is 0 Å². The molecule has 0 aliphatic carbocycles. The molecule has 12 heteroatoms. The van der Waals surface area contributed by atoms with Crippen LogP contribution in [0.1, 0.15) is 27.6 Å². The van der Waals surface area contributed by atoms with Crippen molar-refractivity contribution in [2.24, 2.45) is 7.05 Å². The van der Waals surface area contributed by atoms with Crippen molar-refractivity contribution >= 4 is 28.8 Å². The van der Waals surface area contributed by atoms with Crippen LogP contribution in [-0.4, -0.2) is 57.6 Å². The second-order valence-electron chi connectivity index (χ2n) is 9.18. The number of aryl methyl sites for hydroxylation is 2. The van der Waals surface area contributed by atoms with Crippen LogP contribution < -0.4 is 10.6 Å². The molecule has 0 saturated carbocycles. The van der Waals surface area contributed by atoms with E-state index in [-0.39, 0.29) is 18.3 Å². The lowest BCUT2D eigenvalue weighted by Gasteiger charge is -2.15. The molecular weight excluding hydrogens is 484 g/mol. The maximum Gasteiger partial charge on any atom is 0.294 e. The number of nitrogens with zero attached hydrogens (tertiary/aromatic N) is 8. The molecule has 0 fully saturated rings. The van der Waals surface area contributed by atoms with E-state index in [9.17, 15) is 9.59 Å². The molecule has 2 N–H and O–H groups in total. The van der Waals surface area contributed by atoms with E-state index in [0.717, 1.165) is 22.4 Å². The van der Waals surface area contributed by atoms with Crippen molar-refractivity contribution in [3.05, 3.63) is 84.1 Å². The van der Waals surface area contributed by atoms with E-state index in [0.29, 0.717) is 35.8 Å². The molecule has 0 atom stereocenters. The van der Waals surface area contributed by atoms with E-state index in [2.05, 4.69) is 35.9 Å². The molecule has 5 aromatic rings. The van der Waals surface area contributed by atoms with E-state index in [1.165, 1.54) is 0 Å². The van der Waals surface area contributed by atoms with E-state index in [1.807, 2.05) is 42.4 Å². The third-order valence-electron chi connectivity index (χ3n) is 6.39. The van der Waals surface area contributed by atoms with E-state index in [4.69, 9.17) is 0 Å². The van der Waals surface area contributed by atoms with Gasteiger partial charge in [-0.25, -0.2) is 0 Å². The fraction of sp³-hybridized carbons (Fsp3) is 0.192. The van der Waals surface area contributed by atoms with Crippen LogP contribution in [0, 0.1) is 6.92 Å². The molecule has 0 saturated heterocycles. The summed E-state index contributed by atoms with van der Waals surface area (Å²) in [6.07, 6.45) is 8.74. The van der Waals surface area contributed by atoms with Gasteiger partial charge in [-0.05, 0) is 42.3 Å². The molecular formula is C26H24N10O2. The highest BCUT2D eigenvalue weighted by molar-refractivity contribution is 6.03. The van der Waals surface area contributed by atoms with Gasteiger partial charge in [-0.1, -0.05) is 6.07 Å². The number of rotatable bonds is 6. The molecule has 6 heterocycles. The highest BCUT2D eigenvalue weighted by Crippen LogP contribution is 2.23. The third kappa shape index (κ3) is 4.60. The van der Waals surface area contributed by atoms with Crippen LogP contribution in [0.2, 0.25) is 0 Å². The Bertz CT molecular complexity index is 1660. The summed E-state index contributed by atoms with van der Waals surface area (Å²) in [5, 5.41) is 18.2. The smallest absolute Gasteiger partial charge is 0.294 e. The Labute approximate surface area is 217 Å². The maximum absolute atomic E-state index is 13.1. The average Bonchev–Trinajstić information content (AvgIpc) is 3.63. The van der Waals surface area contributed by atoms with Crippen LogP contribution in [0.15, 0.2) is 61.3 Å². The minimum Gasteiger partial charge on any atom is -0.324 e. The highest BCUT2D eigenvalue weighted by atomic mass is 16.2. The molecule has 1 aliphatic rings. The molecule has 0 unspecified atom stereocenters. The number of aromatic nitrogens is 7. The standard InChI is InChI=1S/C26H24N10O2/c1-16-21(9-20(11-28-16)30-24(37)15-35-13-18-4-3-6-27-22(18)14-35)31-26(38)25-33-32-23-8-17(5-7-36(23)25)19-10-29-34(2)12-19/h3-12H,13-15H2,1-2H3,(H,30,37)(H,31,38). The molecule has 6 rings (SSSR count). The number of hydrogen-bond acceptors (Lipinski definition) is 8. The minimum atomic E-state index is -0.442. The molecule has 0 radical (unpaired) electrons. The van der Waals surface area contributed by atoms with Gasteiger partial charge in [-0.15, -0.1) is 10.2 Å². The fourth-order valence-corrected chi connectivity index (χ4v) is 4.48. The van der Waals surface area contributed by atoms with Crippen molar-refractivity contribution in [2.75, 3.05) is 17.2 Å². The first-order chi connectivity index (χ1) is 18.4. The Kier molecular flexibility index (Phi) is 5.85. The summed E-state index contributed by atoms with van der Waals surface area (Å²) in [7, 11) is 1.85. The van der Waals surface area contributed by atoms with Crippen LogP contribution in [0.25, 0.3) is 16.8 Å². The van der Waals surface area contributed by atoms with Gasteiger partial charge in [0.05, 0.1) is 41.7 Å². The van der Waals surface area contributed by atoms with Gasteiger partial charge in [0.25, 0.3) is 5.91 Å². The predicted molar refractivity (Wildman–Crippen MR) is 139 cm³/mol. The van der Waals surface area contributed by atoms with Crippen molar-refractivity contribution in [2.45, 2.75) is 20.0 Å². The summed E-state index contributed by atoms with van der Waals surface area (Å²) < 4.78 is 3.34. The zero-order valence-corrected chi connectivity index (χ0v) is 20.8. The number of nitrogens with one attached hydrogen (secondary N) is 2. The summed E-state index contributed by atoms with van der Waals surface area (Å²) in [5.41, 5.74) is 6.08.